The van der Waals surface area contributed by atoms with Gasteiger partial charge >= 0.3 is 7.60 Å². The molecular weight excluding hydrogens is 488 g/mol. The molecule has 3 rings (SSSR count). The lowest BCUT2D eigenvalue weighted by Crippen LogP contribution is -2.40. The van der Waals surface area contributed by atoms with Gasteiger partial charge in [0.2, 0.25) is 5.95 Å². The number of nitrogens with one attached hydrogen (secondary N) is 1. The standard InChI is InChI=1S/C21H31FN3O7PS/c1-5-20(4,32-33(29,30)21(28,6-2)7-3)9-13-15(26)16(27)17(31-13)11-8-12-18(25-19(11)34)23-10-14(22)24-12/h8,10,13,15-17,26-28H,5-7,9H2,1-4H3,(H,29,30)(H,23,25,34)/t13-,15?,16+,17+,20?/m1/s1. The van der Waals surface area contributed by atoms with Crippen LogP contribution < -0.4 is 0 Å². The second-order valence-corrected chi connectivity index (χ2v) is 11.3. The third kappa shape index (κ3) is 5.10. The molecule has 0 radical (unpaired) electrons. The largest absolute Gasteiger partial charge is 0.388 e. The molecule has 1 fully saturated rings. The van der Waals surface area contributed by atoms with Gasteiger partial charge in [-0.15, -0.1) is 0 Å². The molecule has 0 aromatic heterocycles. The number of hydrogen-bond acceptors (Lipinski definition) is 9. The summed E-state index contributed by atoms with van der Waals surface area (Å²) in [5.41, 5.74) is -0.846. The molecule has 190 valence electrons. The van der Waals surface area contributed by atoms with Gasteiger partial charge in [-0.25, -0.2) is 9.97 Å². The van der Waals surface area contributed by atoms with Gasteiger partial charge in [-0.2, -0.15) is 4.39 Å². The van der Waals surface area contributed by atoms with Crippen LogP contribution in [0.1, 0.15) is 65.0 Å². The van der Waals surface area contributed by atoms with Gasteiger partial charge in [0.1, 0.15) is 28.6 Å². The summed E-state index contributed by atoms with van der Waals surface area (Å²) in [5.74, 6) is -0.503. The Hall–Kier alpha value is -1.37. The molecule has 3 heterocycles. The lowest BCUT2D eigenvalue weighted by molar-refractivity contribution is -0.0544. The van der Waals surface area contributed by atoms with E-state index < -0.39 is 48.9 Å². The fourth-order valence-corrected chi connectivity index (χ4v) is 6.09. The van der Waals surface area contributed by atoms with Crippen LogP contribution in [0.25, 0.3) is 11.5 Å². The van der Waals surface area contributed by atoms with E-state index in [-0.39, 0.29) is 47.4 Å². The van der Waals surface area contributed by atoms with Gasteiger partial charge < -0.3 is 34.5 Å². The van der Waals surface area contributed by atoms with E-state index in [2.05, 4.69) is 15.0 Å². The zero-order valence-corrected chi connectivity index (χ0v) is 21.1. The number of halogens is 1. The molecule has 5 N–H and O–H groups in total. The maximum atomic E-state index is 13.6. The van der Waals surface area contributed by atoms with E-state index in [1.54, 1.807) is 27.7 Å². The van der Waals surface area contributed by atoms with E-state index in [9.17, 15) is 29.2 Å². The highest BCUT2D eigenvalue weighted by atomic mass is 32.1. The zero-order chi connectivity index (χ0) is 25.5. The number of nitrogens with zero attached hydrogens (tertiary/aromatic N) is 2. The molecule has 1 saturated heterocycles. The van der Waals surface area contributed by atoms with Gasteiger partial charge in [0, 0.05) is 12.0 Å². The number of ether oxygens (including phenoxy) is 1. The molecule has 10 nitrogen and oxygen atoms in total. The molecule has 0 saturated carbocycles. The first-order chi connectivity index (χ1) is 15.8. The van der Waals surface area contributed by atoms with Crippen molar-refractivity contribution in [3.63, 3.8) is 0 Å². The van der Waals surface area contributed by atoms with E-state index in [1.807, 2.05) is 0 Å². The summed E-state index contributed by atoms with van der Waals surface area (Å²) in [6.07, 6.45) is -3.56. The lowest BCUT2D eigenvalue weighted by atomic mass is 9.92. The number of rotatable bonds is 9. The topological polar surface area (TPSA) is 158 Å². The first kappa shape index (κ1) is 27.2. The summed E-state index contributed by atoms with van der Waals surface area (Å²) in [6, 6.07) is 1.44. The molecule has 0 aromatic rings. The Bertz CT molecular complexity index is 1100. The number of fused-ring (bicyclic) bond motifs is 1. The molecule has 3 unspecified atom stereocenters. The first-order valence-electron chi connectivity index (χ1n) is 11.1. The molecule has 0 bridgehead atoms. The Labute approximate surface area is 202 Å². The summed E-state index contributed by atoms with van der Waals surface area (Å²) in [5, 5.41) is 30.1. The molecular formula is C21H31FN3O7PS. The Morgan fingerprint density at radius 1 is 1.24 bits per heavy atom. The summed E-state index contributed by atoms with van der Waals surface area (Å²) < 4.78 is 38.1. The summed E-state index contributed by atoms with van der Waals surface area (Å²) in [4.78, 5) is 21.1. The molecule has 0 spiro atoms. The Kier molecular flexibility index (Phi) is 7.96. The lowest BCUT2D eigenvalue weighted by Gasteiger charge is -2.38. The second-order valence-electron chi connectivity index (χ2n) is 8.86. The number of aliphatic hydroxyl groups is 3. The minimum Gasteiger partial charge on any atom is -0.388 e. The van der Waals surface area contributed by atoms with Gasteiger partial charge in [0.15, 0.2) is 11.2 Å². The van der Waals surface area contributed by atoms with Crippen LogP contribution in [0.3, 0.4) is 0 Å². The van der Waals surface area contributed by atoms with Crippen molar-refractivity contribution >= 4 is 19.8 Å². The van der Waals surface area contributed by atoms with Crippen molar-refractivity contribution in [3.8, 4) is 11.5 Å². The van der Waals surface area contributed by atoms with Crippen LogP contribution in [0.2, 0.25) is 0 Å². The van der Waals surface area contributed by atoms with Crippen molar-refractivity contribution in [2.24, 2.45) is 0 Å². The number of hydrogen-bond donors (Lipinski definition) is 5. The SMILES string of the molecule is CCC(C)(C[C@H]1O[C@@H](c2cc3nc(F)c[nH]c-3nc2=S)[C@@H](O)C1O)OP(=O)(O)C(O)(CC)CC. The fourth-order valence-electron chi connectivity index (χ4n) is 4.05. The third-order valence-corrected chi connectivity index (χ3v) is 9.30. The molecule has 0 aliphatic carbocycles. The quantitative estimate of drug-likeness (QED) is 0.246. The van der Waals surface area contributed by atoms with E-state index >= 15 is 0 Å². The summed E-state index contributed by atoms with van der Waals surface area (Å²) >= 11 is 5.30. The van der Waals surface area contributed by atoms with Crippen LogP contribution in [0.15, 0.2) is 12.3 Å². The van der Waals surface area contributed by atoms with E-state index in [0.717, 1.165) is 6.20 Å². The van der Waals surface area contributed by atoms with Gasteiger partial charge in [-0.1, -0.05) is 33.0 Å². The van der Waals surface area contributed by atoms with Crippen molar-refractivity contribution in [2.75, 3.05) is 0 Å². The second kappa shape index (κ2) is 9.94. The monoisotopic (exact) mass is 519 g/mol. The van der Waals surface area contributed by atoms with Crippen LogP contribution in [-0.4, -0.2) is 64.4 Å². The third-order valence-electron chi connectivity index (χ3n) is 6.60. The summed E-state index contributed by atoms with van der Waals surface area (Å²) in [6.45, 7) is 6.49. The number of aromatic nitrogens is 3. The van der Waals surface area contributed by atoms with E-state index in [1.165, 1.54) is 6.07 Å². The molecule has 0 amide bonds. The molecule has 3 aliphatic rings. The highest BCUT2D eigenvalue weighted by Gasteiger charge is 2.51. The van der Waals surface area contributed by atoms with Crippen molar-refractivity contribution in [3.05, 3.63) is 28.4 Å². The molecule has 0 aromatic carbocycles. The van der Waals surface area contributed by atoms with Crippen molar-refractivity contribution in [2.45, 2.75) is 88.7 Å². The van der Waals surface area contributed by atoms with Crippen molar-refractivity contribution in [1.82, 2.24) is 15.0 Å². The smallest absolute Gasteiger partial charge is 0.359 e. The Morgan fingerprint density at radius 3 is 2.47 bits per heavy atom. The Balaban J connectivity index is 1.87. The zero-order valence-electron chi connectivity index (χ0n) is 19.4. The average molecular weight is 520 g/mol. The van der Waals surface area contributed by atoms with Crippen LogP contribution in [0.5, 0.6) is 0 Å². The normalized spacial score (nSPS) is 27.0. The highest BCUT2D eigenvalue weighted by Crippen LogP contribution is 2.60. The van der Waals surface area contributed by atoms with Gasteiger partial charge in [-0.05, 0) is 32.3 Å². The number of aliphatic hydroxyl groups excluding tert-OH is 2. The van der Waals surface area contributed by atoms with Crippen molar-refractivity contribution < 1.29 is 38.4 Å². The molecule has 6 atom stereocenters. The highest BCUT2D eigenvalue weighted by molar-refractivity contribution is 7.71. The Morgan fingerprint density at radius 2 is 1.88 bits per heavy atom. The van der Waals surface area contributed by atoms with Crippen LogP contribution in [0, 0.1) is 10.6 Å². The van der Waals surface area contributed by atoms with Crippen LogP contribution in [0.4, 0.5) is 4.39 Å². The predicted molar refractivity (Wildman–Crippen MR) is 123 cm³/mol. The molecule has 3 aliphatic heterocycles. The van der Waals surface area contributed by atoms with Gasteiger partial charge in [0.05, 0.1) is 17.9 Å². The maximum absolute atomic E-state index is 13.6. The number of aromatic amines is 1. The van der Waals surface area contributed by atoms with Crippen LogP contribution in [-0.2, 0) is 13.8 Å². The number of pyridine rings is 1. The summed E-state index contributed by atoms with van der Waals surface area (Å²) in [7, 11) is -4.48. The fraction of sp³-hybridized carbons (Fsp3) is 0.667. The number of H-pyrrole nitrogens is 1. The van der Waals surface area contributed by atoms with Gasteiger partial charge in [-0.3, -0.25) is 4.57 Å². The predicted octanol–water partition coefficient (Wildman–Crippen LogP) is 3.21. The van der Waals surface area contributed by atoms with E-state index in [4.69, 9.17) is 21.5 Å². The van der Waals surface area contributed by atoms with E-state index in [0.29, 0.717) is 0 Å². The minimum atomic E-state index is -4.48. The maximum Gasteiger partial charge on any atom is 0.359 e. The van der Waals surface area contributed by atoms with Crippen LogP contribution >= 0.6 is 19.8 Å². The molecule has 34 heavy (non-hydrogen) atoms. The first-order valence-corrected chi connectivity index (χ1v) is 13.1. The molecule has 13 heteroatoms. The minimum absolute atomic E-state index is 0.0169. The average Bonchev–Trinajstić information content (AvgIpc) is 3.05. The van der Waals surface area contributed by atoms with Crippen molar-refractivity contribution in [1.29, 1.82) is 0 Å². The van der Waals surface area contributed by atoms with Gasteiger partial charge in [0.25, 0.3) is 0 Å².